The number of nitrogens with zero attached hydrogens (tertiary/aromatic N) is 1. The van der Waals surface area contributed by atoms with Crippen molar-refractivity contribution in [2.24, 2.45) is 0 Å². The van der Waals surface area contributed by atoms with Crippen molar-refractivity contribution in [2.45, 2.75) is 44.8 Å². The summed E-state index contributed by atoms with van der Waals surface area (Å²) in [6, 6.07) is 11.7. The quantitative estimate of drug-likeness (QED) is 0.895. The Hall–Kier alpha value is -0.900. The van der Waals surface area contributed by atoms with E-state index in [1.807, 2.05) is 0 Å². The lowest BCUT2D eigenvalue weighted by molar-refractivity contribution is 0.0137. The Kier molecular flexibility index (Phi) is 5.19. The molecule has 2 atom stereocenters. The van der Waals surface area contributed by atoms with Crippen LogP contribution in [0.15, 0.2) is 30.3 Å². The van der Waals surface area contributed by atoms with Crippen LogP contribution in [-0.4, -0.2) is 43.3 Å². The van der Waals surface area contributed by atoms with Gasteiger partial charge in [0.1, 0.15) is 0 Å². The van der Waals surface area contributed by atoms with Gasteiger partial charge in [-0.3, -0.25) is 4.90 Å². The van der Waals surface area contributed by atoms with Crippen molar-refractivity contribution in [3.05, 3.63) is 35.9 Å². The Bertz CT molecular complexity index is 405. The molecule has 0 bridgehead atoms. The van der Waals surface area contributed by atoms with Crippen LogP contribution >= 0.6 is 0 Å². The Morgan fingerprint density at radius 2 is 2.05 bits per heavy atom. The first kappa shape index (κ1) is 15.5. The van der Waals surface area contributed by atoms with Crippen LogP contribution in [0.1, 0.15) is 38.8 Å². The third-order valence-corrected chi connectivity index (χ3v) is 4.24. The second-order valence-corrected chi connectivity index (χ2v) is 6.38. The third kappa shape index (κ3) is 3.60. The van der Waals surface area contributed by atoms with Crippen molar-refractivity contribution in [2.75, 3.05) is 26.8 Å². The number of rotatable bonds is 5. The summed E-state index contributed by atoms with van der Waals surface area (Å²) in [6.07, 6.45) is 1.12. The Labute approximate surface area is 123 Å². The van der Waals surface area contributed by atoms with Gasteiger partial charge in [0.25, 0.3) is 0 Å². The monoisotopic (exact) mass is 276 g/mol. The highest BCUT2D eigenvalue weighted by Crippen LogP contribution is 2.29. The molecule has 1 saturated heterocycles. The minimum Gasteiger partial charge on any atom is -0.383 e. The van der Waals surface area contributed by atoms with Gasteiger partial charge in [-0.2, -0.15) is 0 Å². The Morgan fingerprint density at radius 3 is 2.65 bits per heavy atom. The molecule has 3 nitrogen and oxygen atoms in total. The molecule has 0 aromatic heterocycles. The van der Waals surface area contributed by atoms with Crippen molar-refractivity contribution in [3.8, 4) is 0 Å². The molecule has 1 fully saturated rings. The molecule has 3 heteroatoms. The fraction of sp³-hybridized carbons (Fsp3) is 0.647. The molecule has 1 aromatic carbocycles. The molecule has 0 amide bonds. The topological polar surface area (TPSA) is 24.5 Å². The number of hydrogen-bond acceptors (Lipinski definition) is 3. The average molecular weight is 276 g/mol. The zero-order valence-electron chi connectivity index (χ0n) is 13.2. The van der Waals surface area contributed by atoms with Crippen LogP contribution in [0.2, 0.25) is 0 Å². The Balaban J connectivity index is 2.24. The molecule has 0 radical (unpaired) electrons. The predicted octanol–water partition coefficient (Wildman–Crippen LogP) is 2.84. The molecule has 2 unspecified atom stereocenters. The van der Waals surface area contributed by atoms with E-state index >= 15 is 0 Å². The molecule has 112 valence electrons. The summed E-state index contributed by atoms with van der Waals surface area (Å²) in [4.78, 5) is 2.62. The van der Waals surface area contributed by atoms with Gasteiger partial charge < -0.3 is 10.1 Å². The summed E-state index contributed by atoms with van der Waals surface area (Å²) in [5, 5.41) is 3.68. The minimum absolute atomic E-state index is 0.159. The highest BCUT2D eigenvalue weighted by molar-refractivity contribution is 5.21. The van der Waals surface area contributed by atoms with Crippen molar-refractivity contribution in [3.63, 3.8) is 0 Å². The molecule has 1 aliphatic rings. The van der Waals surface area contributed by atoms with Gasteiger partial charge in [-0.25, -0.2) is 0 Å². The van der Waals surface area contributed by atoms with E-state index in [0.29, 0.717) is 12.1 Å². The molecule has 20 heavy (non-hydrogen) atoms. The highest BCUT2D eigenvalue weighted by atomic mass is 16.5. The number of nitrogens with one attached hydrogen (secondary N) is 1. The lowest BCUT2D eigenvalue weighted by Crippen LogP contribution is -2.61. The summed E-state index contributed by atoms with van der Waals surface area (Å²) >= 11 is 0. The summed E-state index contributed by atoms with van der Waals surface area (Å²) in [6.45, 7) is 9.66. The first-order valence-corrected chi connectivity index (χ1v) is 7.62. The maximum atomic E-state index is 5.44. The second-order valence-electron chi connectivity index (χ2n) is 6.38. The predicted molar refractivity (Wildman–Crippen MR) is 83.9 cm³/mol. The van der Waals surface area contributed by atoms with Crippen molar-refractivity contribution in [1.29, 1.82) is 0 Å². The van der Waals surface area contributed by atoms with Crippen LogP contribution in [0.25, 0.3) is 0 Å². The molecule has 2 rings (SSSR count). The second kappa shape index (κ2) is 6.70. The van der Waals surface area contributed by atoms with E-state index in [1.165, 1.54) is 5.56 Å². The minimum atomic E-state index is 0.159. The number of ether oxygens (including phenoxy) is 1. The smallest absolute Gasteiger partial charge is 0.0618 e. The van der Waals surface area contributed by atoms with Crippen molar-refractivity contribution >= 4 is 0 Å². The lowest BCUT2D eigenvalue weighted by atomic mass is 9.92. The van der Waals surface area contributed by atoms with Gasteiger partial charge >= 0.3 is 0 Å². The van der Waals surface area contributed by atoms with Crippen LogP contribution in [0.5, 0.6) is 0 Å². The van der Waals surface area contributed by atoms with Gasteiger partial charge in [0.15, 0.2) is 0 Å². The van der Waals surface area contributed by atoms with E-state index in [2.05, 4.69) is 61.3 Å². The first-order valence-electron chi connectivity index (χ1n) is 7.62. The molecule has 1 heterocycles. The van der Waals surface area contributed by atoms with Gasteiger partial charge in [0.2, 0.25) is 0 Å². The summed E-state index contributed by atoms with van der Waals surface area (Å²) < 4.78 is 5.44. The SMILES string of the molecule is CCC(COC)N1CC(C)(C)NCC1c1ccccc1. The molecule has 1 aliphatic heterocycles. The van der Waals surface area contributed by atoms with Crippen molar-refractivity contribution in [1.82, 2.24) is 10.2 Å². The molecule has 0 spiro atoms. The summed E-state index contributed by atoms with van der Waals surface area (Å²) in [5.41, 5.74) is 1.55. The maximum Gasteiger partial charge on any atom is 0.0618 e. The standard InChI is InChI=1S/C17H28N2O/c1-5-15(12-20-4)19-13-17(2,3)18-11-16(19)14-9-7-6-8-10-14/h6-10,15-16,18H,5,11-13H2,1-4H3. The summed E-state index contributed by atoms with van der Waals surface area (Å²) in [5.74, 6) is 0. The van der Waals surface area contributed by atoms with Crippen molar-refractivity contribution < 1.29 is 4.74 Å². The number of methoxy groups -OCH3 is 1. The number of hydrogen-bond donors (Lipinski definition) is 1. The summed E-state index contributed by atoms with van der Waals surface area (Å²) in [7, 11) is 1.80. The van der Waals surface area contributed by atoms with Gasteiger partial charge in [-0.05, 0) is 25.8 Å². The van der Waals surface area contributed by atoms with Crippen LogP contribution in [-0.2, 0) is 4.74 Å². The van der Waals surface area contributed by atoms with Gasteiger partial charge in [-0.15, -0.1) is 0 Å². The van der Waals surface area contributed by atoms with Crippen LogP contribution in [0, 0.1) is 0 Å². The van der Waals surface area contributed by atoms with Gasteiger partial charge in [0, 0.05) is 37.8 Å². The zero-order valence-corrected chi connectivity index (χ0v) is 13.2. The van der Waals surface area contributed by atoms with E-state index < -0.39 is 0 Å². The van der Waals surface area contributed by atoms with E-state index in [0.717, 1.165) is 26.1 Å². The molecular formula is C17H28N2O. The van der Waals surface area contributed by atoms with E-state index in [9.17, 15) is 0 Å². The van der Waals surface area contributed by atoms with Crippen LogP contribution in [0.4, 0.5) is 0 Å². The zero-order chi connectivity index (χ0) is 14.6. The van der Waals surface area contributed by atoms with E-state index in [4.69, 9.17) is 4.74 Å². The fourth-order valence-electron chi connectivity index (χ4n) is 3.12. The average Bonchev–Trinajstić information content (AvgIpc) is 2.45. The van der Waals surface area contributed by atoms with E-state index in [1.54, 1.807) is 7.11 Å². The normalized spacial score (nSPS) is 24.5. The molecule has 0 aliphatic carbocycles. The van der Waals surface area contributed by atoms with Gasteiger partial charge in [0.05, 0.1) is 6.61 Å². The third-order valence-electron chi connectivity index (χ3n) is 4.24. The largest absolute Gasteiger partial charge is 0.383 e. The molecule has 1 aromatic rings. The van der Waals surface area contributed by atoms with Crippen LogP contribution < -0.4 is 5.32 Å². The van der Waals surface area contributed by atoms with Gasteiger partial charge in [-0.1, -0.05) is 37.3 Å². The highest BCUT2D eigenvalue weighted by Gasteiger charge is 2.36. The fourth-order valence-corrected chi connectivity index (χ4v) is 3.12. The molecular weight excluding hydrogens is 248 g/mol. The van der Waals surface area contributed by atoms with E-state index in [-0.39, 0.29) is 5.54 Å². The lowest BCUT2D eigenvalue weighted by Gasteiger charge is -2.48. The van der Waals surface area contributed by atoms with Crippen LogP contribution in [0.3, 0.4) is 0 Å². The molecule has 1 N–H and O–H groups in total. The number of piperazine rings is 1. The maximum absolute atomic E-state index is 5.44. The molecule has 0 saturated carbocycles. The Morgan fingerprint density at radius 1 is 1.35 bits per heavy atom. The number of benzene rings is 1. The first-order chi connectivity index (χ1) is 9.57.